The summed E-state index contributed by atoms with van der Waals surface area (Å²) in [7, 11) is 0. The van der Waals surface area contributed by atoms with Gasteiger partial charge in [0, 0.05) is 5.69 Å². The normalized spacial score (nSPS) is 9.65. The average molecular weight is 224 g/mol. The molecular weight excluding hydrogens is 212 g/mol. The number of nitriles is 1. The Labute approximate surface area is 100 Å². The van der Waals surface area contributed by atoms with Crippen LogP contribution in [-0.2, 0) is 0 Å². The van der Waals surface area contributed by atoms with Crippen molar-refractivity contribution in [3.05, 3.63) is 53.6 Å². The topological polar surface area (TPSA) is 59.0 Å². The standard InChI is InChI=1S/C14H12N2O/c1-10-4-2-3-5-13(10)17-14-7-6-12(16)8-11(14)9-15/h2-8H,16H2,1H3. The van der Waals surface area contributed by atoms with Crippen LogP contribution in [-0.4, -0.2) is 0 Å². The number of aryl methyl sites for hydroxylation is 1. The molecule has 2 aromatic rings. The second-order valence-corrected chi connectivity index (χ2v) is 3.73. The summed E-state index contributed by atoms with van der Waals surface area (Å²) >= 11 is 0. The Morgan fingerprint density at radius 3 is 2.59 bits per heavy atom. The Balaban J connectivity index is 2.37. The van der Waals surface area contributed by atoms with Gasteiger partial charge in [-0.25, -0.2) is 0 Å². The minimum Gasteiger partial charge on any atom is -0.456 e. The van der Waals surface area contributed by atoms with Crippen molar-refractivity contribution in [1.82, 2.24) is 0 Å². The first-order valence-corrected chi connectivity index (χ1v) is 5.24. The molecule has 0 saturated heterocycles. The van der Waals surface area contributed by atoms with E-state index >= 15 is 0 Å². The molecule has 0 aromatic heterocycles. The van der Waals surface area contributed by atoms with Crippen LogP contribution in [0.25, 0.3) is 0 Å². The van der Waals surface area contributed by atoms with E-state index in [0.717, 1.165) is 11.3 Å². The van der Waals surface area contributed by atoms with Crippen molar-refractivity contribution in [2.24, 2.45) is 0 Å². The second-order valence-electron chi connectivity index (χ2n) is 3.73. The lowest BCUT2D eigenvalue weighted by atomic mass is 10.2. The molecule has 0 aliphatic heterocycles. The van der Waals surface area contributed by atoms with Crippen LogP contribution >= 0.6 is 0 Å². The van der Waals surface area contributed by atoms with Gasteiger partial charge in [0.1, 0.15) is 17.6 Å². The van der Waals surface area contributed by atoms with Crippen LogP contribution in [0, 0.1) is 18.3 Å². The lowest BCUT2D eigenvalue weighted by Crippen LogP contribution is -1.92. The number of nitrogens with zero attached hydrogens (tertiary/aromatic N) is 1. The number of para-hydroxylation sites is 1. The zero-order valence-electron chi connectivity index (χ0n) is 9.47. The molecule has 2 N–H and O–H groups in total. The fraction of sp³-hybridized carbons (Fsp3) is 0.0714. The Bertz CT molecular complexity index is 585. The highest BCUT2D eigenvalue weighted by Gasteiger charge is 2.06. The molecule has 2 rings (SSSR count). The zero-order chi connectivity index (χ0) is 12.3. The van der Waals surface area contributed by atoms with Crippen LogP contribution < -0.4 is 10.5 Å². The number of anilines is 1. The van der Waals surface area contributed by atoms with Gasteiger partial charge in [-0.2, -0.15) is 5.26 Å². The van der Waals surface area contributed by atoms with Crippen LogP contribution in [0.2, 0.25) is 0 Å². The molecule has 0 atom stereocenters. The molecule has 17 heavy (non-hydrogen) atoms. The van der Waals surface area contributed by atoms with Gasteiger partial charge in [0.2, 0.25) is 0 Å². The summed E-state index contributed by atoms with van der Waals surface area (Å²) in [6.45, 7) is 1.96. The minimum atomic E-state index is 0.438. The van der Waals surface area contributed by atoms with E-state index in [2.05, 4.69) is 6.07 Å². The molecule has 3 nitrogen and oxygen atoms in total. The summed E-state index contributed by atoms with van der Waals surface area (Å²) in [4.78, 5) is 0. The molecule has 84 valence electrons. The summed E-state index contributed by atoms with van der Waals surface area (Å²) in [5.41, 5.74) is 7.63. The Hall–Kier alpha value is -2.47. The van der Waals surface area contributed by atoms with Gasteiger partial charge in [-0.15, -0.1) is 0 Å². The number of ether oxygens (including phenoxy) is 1. The largest absolute Gasteiger partial charge is 0.456 e. The van der Waals surface area contributed by atoms with E-state index in [1.807, 2.05) is 31.2 Å². The van der Waals surface area contributed by atoms with E-state index in [1.54, 1.807) is 18.2 Å². The molecule has 0 unspecified atom stereocenters. The number of nitrogens with two attached hydrogens (primary N) is 1. The smallest absolute Gasteiger partial charge is 0.145 e. The first kappa shape index (κ1) is 11.0. The fourth-order valence-electron chi connectivity index (χ4n) is 1.51. The zero-order valence-corrected chi connectivity index (χ0v) is 9.47. The van der Waals surface area contributed by atoms with Crippen molar-refractivity contribution in [3.63, 3.8) is 0 Å². The van der Waals surface area contributed by atoms with Crippen molar-refractivity contribution in [2.75, 3.05) is 5.73 Å². The Morgan fingerprint density at radius 1 is 1.12 bits per heavy atom. The average Bonchev–Trinajstić information content (AvgIpc) is 2.34. The van der Waals surface area contributed by atoms with Gasteiger partial charge >= 0.3 is 0 Å². The predicted molar refractivity (Wildman–Crippen MR) is 66.8 cm³/mol. The summed E-state index contributed by atoms with van der Waals surface area (Å²) in [6.07, 6.45) is 0. The van der Waals surface area contributed by atoms with E-state index < -0.39 is 0 Å². The van der Waals surface area contributed by atoms with Gasteiger partial charge in [-0.1, -0.05) is 18.2 Å². The fourth-order valence-corrected chi connectivity index (χ4v) is 1.51. The predicted octanol–water partition coefficient (Wildman–Crippen LogP) is 3.24. The quantitative estimate of drug-likeness (QED) is 0.796. The van der Waals surface area contributed by atoms with Gasteiger partial charge in [-0.3, -0.25) is 0 Å². The first-order chi connectivity index (χ1) is 8.20. The van der Waals surface area contributed by atoms with E-state index in [0.29, 0.717) is 17.0 Å². The second kappa shape index (κ2) is 4.58. The van der Waals surface area contributed by atoms with Crippen LogP contribution in [0.1, 0.15) is 11.1 Å². The van der Waals surface area contributed by atoms with E-state index in [-0.39, 0.29) is 0 Å². The lowest BCUT2D eigenvalue weighted by molar-refractivity contribution is 0.477. The van der Waals surface area contributed by atoms with E-state index in [1.165, 1.54) is 0 Å². The van der Waals surface area contributed by atoms with Crippen molar-refractivity contribution >= 4 is 5.69 Å². The Morgan fingerprint density at radius 2 is 1.88 bits per heavy atom. The highest BCUT2D eigenvalue weighted by Crippen LogP contribution is 2.28. The molecule has 0 amide bonds. The van der Waals surface area contributed by atoms with Gasteiger partial charge < -0.3 is 10.5 Å². The molecule has 3 heteroatoms. The third-order valence-electron chi connectivity index (χ3n) is 2.44. The van der Waals surface area contributed by atoms with Crippen molar-refractivity contribution in [2.45, 2.75) is 6.92 Å². The summed E-state index contributed by atoms with van der Waals surface area (Å²) in [5, 5.41) is 9.00. The number of nitrogen functional groups attached to an aromatic ring is 1. The third kappa shape index (κ3) is 2.37. The molecular formula is C14H12N2O. The number of rotatable bonds is 2. The molecule has 0 aliphatic rings. The third-order valence-corrected chi connectivity index (χ3v) is 2.44. The van der Waals surface area contributed by atoms with Gasteiger partial charge in [0.15, 0.2) is 0 Å². The monoisotopic (exact) mass is 224 g/mol. The molecule has 0 spiro atoms. The molecule has 0 aliphatic carbocycles. The number of hydrogen-bond acceptors (Lipinski definition) is 3. The van der Waals surface area contributed by atoms with Gasteiger partial charge in [0.25, 0.3) is 0 Å². The van der Waals surface area contributed by atoms with Crippen molar-refractivity contribution in [3.8, 4) is 17.6 Å². The van der Waals surface area contributed by atoms with E-state index in [4.69, 9.17) is 15.7 Å². The highest BCUT2D eigenvalue weighted by molar-refractivity contribution is 5.54. The Kier molecular flexibility index (Phi) is 2.97. The molecule has 0 fully saturated rings. The number of benzene rings is 2. The molecule has 0 heterocycles. The molecule has 0 bridgehead atoms. The summed E-state index contributed by atoms with van der Waals surface area (Å²) in [5.74, 6) is 1.27. The SMILES string of the molecule is Cc1ccccc1Oc1ccc(N)cc1C#N. The van der Waals surface area contributed by atoms with Gasteiger partial charge in [0.05, 0.1) is 5.56 Å². The maximum absolute atomic E-state index is 9.00. The van der Waals surface area contributed by atoms with Crippen LogP contribution in [0.15, 0.2) is 42.5 Å². The number of hydrogen-bond donors (Lipinski definition) is 1. The first-order valence-electron chi connectivity index (χ1n) is 5.24. The minimum absolute atomic E-state index is 0.438. The highest BCUT2D eigenvalue weighted by atomic mass is 16.5. The lowest BCUT2D eigenvalue weighted by Gasteiger charge is -2.09. The van der Waals surface area contributed by atoms with Crippen molar-refractivity contribution < 1.29 is 4.74 Å². The van der Waals surface area contributed by atoms with Crippen LogP contribution in [0.5, 0.6) is 11.5 Å². The van der Waals surface area contributed by atoms with Gasteiger partial charge in [-0.05, 0) is 36.8 Å². The van der Waals surface area contributed by atoms with Crippen molar-refractivity contribution in [1.29, 1.82) is 5.26 Å². The molecule has 0 radical (unpaired) electrons. The summed E-state index contributed by atoms with van der Waals surface area (Å²) in [6, 6.07) is 14.8. The van der Waals surface area contributed by atoms with Crippen LogP contribution in [0.3, 0.4) is 0 Å². The molecule has 0 saturated carbocycles. The molecule has 2 aromatic carbocycles. The maximum Gasteiger partial charge on any atom is 0.145 e. The van der Waals surface area contributed by atoms with Crippen LogP contribution in [0.4, 0.5) is 5.69 Å². The van der Waals surface area contributed by atoms with E-state index in [9.17, 15) is 0 Å². The maximum atomic E-state index is 9.00. The summed E-state index contributed by atoms with van der Waals surface area (Å²) < 4.78 is 5.71.